The molecule has 3 aromatic carbocycles. The molecule has 0 saturated carbocycles. The second-order valence-corrected chi connectivity index (χ2v) is 11.2. The molecule has 1 heterocycles. The van der Waals surface area contributed by atoms with Crippen LogP contribution in [0.15, 0.2) is 60.7 Å². The summed E-state index contributed by atoms with van der Waals surface area (Å²) < 4.78 is 46.0. The lowest BCUT2D eigenvalue weighted by atomic mass is 9.93. The number of halogens is 6. The van der Waals surface area contributed by atoms with Crippen LogP contribution in [-0.2, 0) is 35.3 Å². The quantitative estimate of drug-likeness (QED) is 0.213. The molecule has 0 unspecified atom stereocenters. The zero-order valence-electron chi connectivity index (χ0n) is 19.4. The van der Waals surface area contributed by atoms with Gasteiger partial charge in [-0.15, -0.1) is 0 Å². The number of rotatable bonds is 6. The fourth-order valence-electron chi connectivity index (χ4n) is 4.01. The summed E-state index contributed by atoms with van der Waals surface area (Å²) in [5, 5.41) is 10.4. The smallest absolute Gasteiger partial charge is 0.416 e. The maximum Gasteiger partial charge on any atom is 0.416 e. The number of hydrogen-bond acceptors (Lipinski definition) is 3. The Balaban J connectivity index is 1.56. The molecular formula is C27H19ClF3I2NO4. The number of carbonyl (C=O) groups excluding carboxylic acids is 1. The predicted octanol–water partition coefficient (Wildman–Crippen LogP) is 7.20. The average molecular weight is 768 g/mol. The summed E-state index contributed by atoms with van der Waals surface area (Å²) in [6, 6.07) is 12.4. The van der Waals surface area contributed by atoms with Crippen molar-refractivity contribution in [1.82, 2.24) is 4.90 Å². The Bertz CT molecular complexity index is 1390. The van der Waals surface area contributed by atoms with Crippen LogP contribution in [0, 0.1) is 7.14 Å². The summed E-state index contributed by atoms with van der Waals surface area (Å²) in [7, 11) is 0. The molecule has 0 fully saturated rings. The highest BCUT2D eigenvalue weighted by atomic mass is 127. The first-order valence-electron chi connectivity index (χ1n) is 11.2. The highest BCUT2D eigenvalue weighted by Crippen LogP contribution is 2.38. The molecule has 0 aromatic heterocycles. The van der Waals surface area contributed by atoms with Crippen LogP contribution in [0.25, 0.3) is 6.08 Å². The minimum atomic E-state index is -4.41. The van der Waals surface area contributed by atoms with Gasteiger partial charge in [-0.3, -0.25) is 4.79 Å². The topological polar surface area (TPSA) is 66.8 Å². The monoisotopic (exact) mass is 767 g/mol. The van der Waals surface area contributed by atoms with Crippen molar-refractivity contribution in [2.24, 2.45) is 0 Å². The van der Waals surface area contributed by atoms with E-state index in [1.54, 1.807) is 30.3 Å². The highest BCUT2D eigenvalue weighted by Gasteiger charge is 2.36. The molecule has 0 spiro atoms. The van der Waals surface area contributed by atoms with Crippen molar-refractivity contribution < 1.29 is 32.6 Å². The average Bonchev–Trinajstić information content (AvgIpc) is 2.87. The molecule has 0 radical (unpaired) electrons. The molecule has 1 N–H and O–H groups in total. The molecule has 5 nitrogen and oxygen atoms in total. The molecule has 0 bridgehead atoms. The van der Waals surface area contributed by atoms with Gasteiger partial charge in [-0.25, -0.2) is 4.79 Å². The Kier molecular flexibility index (Phi) is 8.92. The van der Waals surface area contributed by atoms with Crippen molar-refractivity contribution in [1.29, 1.82) is 0 Å². The van der Waals surface area contributed by atoms with E-state index in [1.807, 2.05) is 6.07 Å². The number of amides is 1. The molecule has 1 atom stereocenters. The van der Waals surface area contributed by atoms with Crippen LogP contribution < -0.4 is 4.74 Å². The summed E-state index contributed by atoms with van der Waals surface area (Å²) in [4.78, 5) is 26.4. The second kappa shape index (κ2) is 11.8. The van der Waals surface area contributed by atoms with Gasteiger partial charge in [-0.05, 0) is 104 Å². The molecule has 3 aromatic rings. The Labute approximate surface area is 248 Å². The largest absolute Gasteiger partial charge is 0.487 e. The van der Waals surface area contributed by atoms with E-state index in [2.05, 4.69) is 45.2 Å². The van der Waals surface area contributed by atoms with Crippen LogP contribution in [0.2, 0.25) is 5.02 Å². The Morgan fingerprint density at radius 3 is 2.37 bits per heavy atom. The number of carbonyl (C=O) groups is 2. The number of benzene rings is 3. The van der Waals surface area contributed by atoms with Crippen LogP contribution in [0.1, 0.15) is 27.8 Å². The summed E-state index contributed by atoms with van der Waals surface area (Å²) in [5.74, 6) is -1.01. The van der Waals surface area contributed by atoms with Gasteiger partial charge >= 0.3 is 12.1 Å². The lowest BCUT2D eigenvalue weighted by Gasteiger charge is -2.35. The van der Waals surface area contributed by atoms with E-state index in [4.69, 9.17) is 16.3 Å². The Morgan fingerprint density at radius 1 is 1.11 bits per heavy atom. The number of carboxylic acids is 1. The van der Waals surface area contributed by atoms with Gasteiger partial charge < -0.3 is 14.7 Å². The first-order chi connectivity index (χ1) is 17.9. The number of fused-ring (bicyclic) bond motifs is 1. The number of carboxylic acid groups (broad SMARTS) is 1. The molecule has 4 rings (SSSR count). The molecule has 0 aliphatic carbocycles. The summed E-state index contributed by atoms with van der Waals surface area (Å²) in [6.07, 6.45) is -1.34. The minimum absolute atomic E-state index is 0.0488. The maximum atomic E-state index is 13.1. The Morgan fingerprint density at radius 2 is 1.76 bits per heavy atom. The molecule has 1 aliphatic heterocycles. The number of aliphatic carboxylic acids is 1. The van der Waals surface area contributed by atoms with Crippen molar-refractivity contribution in [2.45, 2.75) is 31.8 Å². The zero-order valence-corrected chi connectivity index (χ0v) is 24.5. The van der Waals surface area contributed by atoms with Crippen LogP contribution in [0.3, 0.4) is 0 Å². The fraction of sp³-hybridized carbons (Fsp3) is 0.185. The first-order valence-corrected chi connectivity index (χ1v) is 13.7. The third-order valence-electron chi connectivity index (χ3n) is 6.01. The van der Waals surface area contributed by atoms with Gasteiger partial charge in [0.1, 0.15) is 18.4 Å². The normalized spacial score (nSPS) is 15.4. The van der Waals surface area contributed by atoms with E-state index in [-0.39, 0.29) is 19.6 Å². The molecule has 0 saturated heterocycles. The highest BCUT2D eigenvalue weighted by molar-refractivity contribution is 14.1. The molecule has 198 valence electrons. The number of ether oxygens (including phenoxy) is 1. The van der Waals surface area contributed by atoms with Gasteiger partial charge in [0, 0.05) is 24.1 Å². The molecular weight excluding hydrogens is 749 g/mol. The van der Waals surface area contributed by atoms with E-state index >= 15 is 0 Å². The van der Waals surface area contributed by atoms with Gasteiger partial charge in [-0.1, -0.05) is 35.9 Å². The van der Waals surface area contributed by atoms with Gasteiger partial charge in [0.15, 0.2) is 0 Å². The molecule has 1 amide bonds. The van der Waals surface area contributed by atoms with Gasteiger partial charge in [0.2, 0.25) is 5.91 Å². The first kappa shape index (κ1) is 28.7. The second-order valence-electron chi connectivity index (χ2n) is 8.53. The molecule has 11 heteroatoms. The van der Waals surface area contributed by atoms with E-state index in [1.165, 1.54) is 23.1 Å². The number of hydrogen-bond donors (Lipinski definition) is 1. The summed E-state index contributed by atoms with van der Waals surface area (Å²) >= 11 is 10.1. The van der Waals surface area contributed by atoms with E-state index in [9.17, 15) is 27.9 Å². The van der Waals surface area contributed by atoms with Crippen molar-refractivity contribution in [3.8, 4) is 5.75 Å². The van der Waals surface area contributed by atoms with Crippen molar-refractivity contribution in [2.75, 3.05) is 0 Å². The fourth-order valence-corrected chi connectivity index (χ4v) is 6.41. The SMILES string of the molecule is O=C(O)[C@@H]1Cc2cc(I)c(OCc3ccc(C(F)(F)F)cc3)c(I)c2CN1C(=O)/C=C/c1ccc(Cl)cc1. The summed E-state index contributed by atoms with van der Waals surface area (Å²) in [5.41, 5.74) is 2.16. The third-order valence-corrected chi connectivity index (χ3v) is 8.20. The third kappa shape index (κ3) is 6.63. The number of nitrogens with zero attached hydrogens (tertiary/aromatic N) is 1. The zero-order chi connectivity index (χ0) is 27.6. The van der Waals surface area contributed by atoms with E-state index in [0.29, 0.717) is 16.3 Å². The Hall–Kier alpha value is -2.32. The predicted molar refractivity (Wildman–Crippen MR) is 154 cm³/mol. The maximum absolute atomic E-state index is 13.1. The minimum Gasteiger partial charge on any atom is -0.487 e. The van der Waals surface area contributed by atoms with Crippen LogP contribution in [0.5, 0.6) is 5.75 Å². The van der Waals surface area contributed by atoms with Crippen molar-refractivity contribution in [3.05, 3.63) is 101 Å². The van der Waals surface area contributed by atoms with Crippen LogP contribution in [0.4, 0.5) is 13.2 Å². The van der Waals surface area contributed by atoms with Crippen molar-refractivity contribution >= 4 is 74.7 Å². The van der Waals surface area contributed by atoms with Crippen LogP contribution >= 0.6 is 56.8 Å². The lowest BCUT2D eigenvalue weighted by Crippen LogP contribution is -2.48. The van der Waals surface area contributed by atoms with Gasteiger partial charge in [-0.2, -0.15) is 13.2 Å². The van der Waals surface area contributed by atoms with Gasteiger partial charge in [0.05, 0.1) is 12.7 Å². The van der Waals surface area contributed by atoms with Gasteiger partial charge in [0.25, 0.3) is 0 Å². The lowest BCUT2D eigenvalue weighted by molar-refractivity contribution is -0.149. The summed E-state index contributed by atoms with van der Waals surface area (Å²) in [6.45, 7) is 0.120. The van der Waals surface area contributed by atoms with Crippen LogP contribution in [-0.4, -0.2) is 27.9 Å². The standard InChI is InChI=1S/C27H19ClF3I2NO4/c28-19-8-3-15(4-9-19)5-10-23(35)34-13-20-17(12-22(34)26(36)37)11-21(32)25(24(20)33)38-14-16-1-6-18(7-2-16)27(29,30)31/h1-11,22H,12-14H2,(H,36,37)/b10-5+/t22-/m0/s1. The molecule has 1 aliphatic rings. The van der Waals surface area contributed by atoms with Crippen molar-refractivity contribution in [3.63, 3.8) is 0 Å². The van der Waals surface area contributed by atoms with E-state index < -0.39 is 29.7 Å². The molecule has 38 heavy (non-hydrogen) atoms. The number of alkyl halides is 3. The van der Waals surface area contributed by atoms with E-state index in [0.717, 1.165) is 36.0 Å².